The van der Waals surface area contributed by atoms with Crippen LogP contribution in [-0.4, -0.2) is 27.6 Å². The molecule has 0 atom stereocenters. The second kappa shape index (κ2) is 7.33. The standard InChI is InChI=1S/C20H15FN4O2/c21-16-12-15(11-14-7-4-9-22-18(14)16)19(26)23-10-8-17-24-25-20(27-17)13-5-2-1-3-6-13/h1-7,9,11-12H,8,10H2,(H,23,26). The maximum absolute atomic E-state index is 14.1. The molecule has 1 amide bonds. The van der Waals surface area contributed by atoms with Crippen LogP contribution in [0.2, 0.25) is 0 Å². The SMILES string of the molecule is O=C(NCCc1nnc(-c2ccccc2)o1)c1cc(F)c2ncccc2c1. The fourth-order valence-electron chi connectivity index (χ4n) is 2.72. The number of nitrogens with one attached hydrogen (secondary N) is 1. The molecule has 1 N–H and O–H groups in total. The first-order valence-corrected chi connectivity index (χ1v) is 8.41. The van der Waals surface area contributed by atoms with Crippen LogP contribution in [0.5, 0.6) is 0 Å². The summed E-state index contributed by atoms with van der Waals surface area (Å²) in [5.41, 5.74) is 1.32. The van der Waals surface area contributed by atoms with Gasteiger partial charge in [0.2, 0.25) is 11.8 Å². The van der Waals surface area contributed by atoms with E-state index in [4.69, 9.17) is 4.42 Å². The van der Waals surface area contributed by atoms with E-state index in [2.05, 4.69) is 20.5 Å². The van der Waals surface area contributed by atoms with Crippen molar-refractivity contribution < 1.29 is 13.6 Å². The second-order valence-electron chi connectivity index (χ2n) is 5.91. The molecule has 0 fully saturated rings. The molecule has 2 heterocycles. The minimum Gasteiger partial charge on any atom is -0.421 e. The summed E-state index contributed by atoms with van der Waals surface area (Å²) in [5.74, 6) is -0.0471. The van der Waals surface area contributed by atoms with Gasteiger partial charge in [0.25, 0.3) is 5.91 Å². The van der Waals surface area contributed by atoms with Crippen LogP contribution in [0, 0.1) is 5.82 Å². The quantitative estimate of drug-likeness (QED) is 0.588. The smallest absolute Gasteiger partial charge is 0.251 e. The molecular weight excluding hydrogens is 347 g/mol. The van der Waals surface area contributed by atoms with Crippen molar-refractivity contribution in [2.24, 2.45) is 0 Å². The van der Waals surface area contributed by atoms with E-state index >= 15 is 0 Å². The summed E-state index contributed by atoms with van der Waals surface area (Å²) in [7, 11) is 0. The number of benzene rings is 2. The van der Waals surface area contributed by atoms with Crippen LogP contribution in [0.3, 0.4) is 0 Å². The van der Waals surface area contributed by atoms with Gasteiger partial charge in [0.1, 0.15) is 11.3 Å². The van der Waals surface area contributed by atoms with Crippen LogP contribution < -0.4 is 5.32 Å². The molecule has 0 aliphatic carbocycles. The van der Waals surface area contributed by atoms with Crippen molar-refractivity contribution in [3.63, 3.8) is 0 Å². The van der Waals surface area contributed by atoms with E-state index in [1.807, 2.05) is 30.3 Å². The lowest BCUT2D eigenvalue weighted by Gasteiger charge is -2.06. The summed E-state index contributed by atoms with van der Waals surface area (Å²) in [5, 5.41) is 11.3. The van der Waals surface area contributed by atoms with E-state index in [9.17, 15) is 9.18 Å². The molecule has 27 heavy (non-hydrogen) atoms. The summed E-state index contributed by atoms with van der Waals surface area (Å²) in [6, 6.07) is 15.6. The summed E-state index contributed by atoms with van der Waals surface area (Å²) in [6.45, 7) is 0.294. The maximum atomic E-state index is 14.1. The van der Waals surface area contributed by atoms with Gasteiger partial charge in [-0.25, -0.2) is 4.39 Å². The third-order valence-electron chi connectivity index (χ3n) is 4.03. The molecule has 0 unspecified atom stereocenters. The Morgan fingerprint density at radius 3 is 2.78 bits per heavy atom. The number of rotatable bonds is 5. The molecule has 2 aromatic carbocycles. The van der Waals surface area contributed by atoms with Gasteiger partial charge < -0.3 is 9.73 Å². The van der Waals surface area contributed by atoms with E-state index < -0.39 is 5.82 Å². The number of hydrogen-bond donors (Lipinski definition) is 1. The number of amides is 1. The van der Waals surface area contributed by atoms with Crippen molar-refractivity contribution in [3.8, 4) is 11.5 Å². The number of pyridine rings is 1. The lowest BCUT2D eigenvalue weighted by molar-refractivity contribution is 0.0953. The summed E-state index contributed by atoms with van der Waals surface area (Å²) in [6.07, 6.45) is 1.89. The van der Waals surface area contributed by atoms with Crippen LogP contribution in [0.4, 0.5) is 4.39 Å². The first kappa shape index (κ1) is 16.8. The second-order valence-corrected chi connectivity index (χ2v) is 5.91. The Morgan fingerprint density at radius 1 is 1.07 bits per heavy atom. The topological polar surface area (TPSA) is 80.9 Å². The molecule has 0 aliphatic heterocycles. The summed E-state index contributed by atoms with van der Waals surface area (Å²) < 4.78 is 19.7. The average Bonchev–Trinajstić information content (AvgIpc) is 3.17. The molecule has 0 bridgehead atoms. The Balaban J connectivity index is 1.39. The molecule has 0 radical (unpaired) electrons. The van der Waals surface area contributed by atoms with Gasteiger partial charge in [-0.3, -0.25) is 9.78 Å². The predicted octanol–water partition coefficient (Wildman–Crippen LogP) is 3.40. The van der Waals surface area contributed by atoms with E-state index in [-0.39, 0.29) is 17.0 Å². The van der Waals surface area contributed by atoms with E-state index in [1.54, 1.807) is 18.2 Å². The number of halogens is 1. The third kappa shape index (κ3) is 3.67. The number of fused-ring (bicyclic) bond motifs is 1. The largest absolute Gasteiger partial charge is 0.421 e. The van der Waals surface area contributed by atoms with Crippen molar-refractivity contribution >= 4 is 16.8 Å². The highest BCUT2D eigenvalue weighted by molar-refractivity contribution is 5.98. The van der Waals surface area contributed by atoms with Crippen LogP contribution in [0.1, 0.15) is 16.2 Å². The van der Waals surface area contributed by atoms with Crippen LogP contribution in [0.25, 0.3) is 22.4 Å². The van der Waals surface area contributed by atoms with Crippen LogP contribution in [0.15, 0.2) is 65.2 Å². The maximum Gasteiger partial charge on any atom is 0.251 e. The number of carbonyl (C=O) groups excluding carboxylic acids is 1. The van der Waals surface area contributed by atoms with Crippen LogP contribution in [-0.2, 0) is 6.42 Å². The fraction of sp³-hybridized carbons (Fsp3) is 0.100. The first-order chi connectivity index (χ1) is 13.2. The summed E-state index contributed by atoms with van der Waals surface area (Å²) >= 11 is 0. The molecule has 2 aromatic heterocycles. The molecule has 0 saturated carbocycles. The lowest BCUT2D eigenvalue weighted by Crippen LogP contribution is -2.25. The molecule has 0 spiro atoms. The summed E-state index contributed by atoms with van der Waals surface area (Å²) in [4.78, 5) is 16.3. The highest BCUT2D eigenvalue weighted by Gasteiger charge is 2.12. The van der Waals surface area contributed by atoms with Crippen molar-refractivity contribution in [2.75, 3.05) is 6.54 Å². The zero-order valence-corrected chi connectivity index (χ0v) is 14.2. The van der Waals surface area contributed by atoms with Crippen molar-refractivity contribution in [1.82, 2.24) is 20.5 Å². The minimum absolute atomic E-state index is 0.239. The highest BCUT2D eigenvalue weighted by Crippen LogP contribution is 2.18. The molecule has 4 aromatic rings. The van der Waals surface area contributed by atoms with Gasteiger partial charge in [-0.1, -0.05) is 24.3 Å². The number of carbonyl (C=O) groups is 1. The highest BCUT2D eigenvalue weighted by atomic mass is 19.1. The van der Waals surface area contributed by atoms with Gasteiger partial charge in [0.05, 0.1) is 0 Å². The number of aromatic nitrogens is 3. The molecular formula is C20H15FN4O2. The Bertz CT molecular complexity index is 1100. The Morgan fingerprint density at radius 2 is 1.93 bits per heavy atom. The van der Waals surface area contributed by atoms with E-state index in [1.165, 1.54) is 12.3 Å². The monoisotopic (exact) mass is 362 g/mol. The molecule has 4 rings (SSSR count). The van der Waals surface area contributed by atoms with Crippen molar-refractivity contribution in [2.45, 2.75) is 6.42 Å². The number of nitrogens with zero attached hydrogens (tertiary/aromatic N) is 3. The Labute approximate surface area is 154 Å². The molecule has 7 heteroatoms. The third-order valence-corrected chi connectivity index (χ3v) is 4.03. The predicted molar refractivity (Wildman–Crippen MR) is 97.5 cm³/mol. The number of hydrogen-bond acceptors (Lipinski definition) is 5. The zero-order chi connectivity index (χ0) is 18.6. The molecule has 0 saturated heterocycles. The van der Waals surface area contributed by atoms with Gasteiger partial charge in [0.15, 0.2) is 0 Å². The molecule has 134 valence electrons. The lowest BCUT2D eigenvalue weighted by atomic mass is 10.1. The average molecular weight is 362 g/mol. The Hall–Kier alpha value is -3.61. The van der Waals surface area contributed by atoms with Gasteiger partial charge in [0, 0.05) is 35.7 Å². The van der Waals surface area contributed by atoms with Crippen molar-refractivity contribution in [3.05, 3.63) is 78.1 Å². The molecule has 0 aliphatic rings. The van der Waals surface area contributed by atoms with E-state index in [0.717, 1.165) is 5.56 Å². The minimum atomic E-state index is -0.525. The normalized spacial score (nSPS) is 10.9. The van der Waals surface area contributed by atoms with Gasteiger partial charge in [-0.05, 0) is 30.3 Å². The Kier molecular flexibility index (Phi) is 4.57. The van der Waals surface area contributed by atoms with Gasteiger partial charge >= 0.3 is 0 Å². The van der Waals surface area contributed by atoms with Crippen molar-refractivity contribution in [1.29, 1.82) is 0 Å². The van der Waals surface area contributed by atoms with Gasteiger partial charge in [-0.2, -0.15) is 0 Å². The van der Waals surface area contributed by atoms with Gasteiger partial charge in [-0.15, -0.1) is 10.2 Å². The first-order valence-electron chi connectivity index (χ1n) is 8.41. The molecule has 6 nitrogen and oxygen atoms in total. The van der Waals surface area contributed by atoms with Crippen LogP contribution >= 0.6 is 0 Å². The fourth-order valence-corrected chi connectivity index (χ4v) is 2.72. The zero-order valence-electron chi connectivity index (χ0n) is 14.2. The van der Waals surface area contributed by atoms with E-state index in [0.29, 0.717) is 30.1 Å².